The van der Waals surface area contributed by atoms with Gasteiger partial charge in [0.05, 0.1) is 5.56 Å². The first-order valence-corrected chi connectivity index (χ1v) is 5.93. The van der Waals surface area contributed by atoms with Crippen LogP contribution in [0.2, 0.25) is 0 Å². The average molecular weight is 318 g/mol. The molecular formula is C15H12N2O2Zn. The number of aryl methyl sites for hydroxylation is 1. The SMILES string of the molecule is Cc1ccc(-c2nnc(-c3ccccc3)o2)c(O)c1.[Zn]. The topological polar surface area (TPSA) is 59.2 Å². The Kier molecular flexibility index (Phi) is 4.30. The minimum atomic E-state index is 0. The number of hydrogen-bond donors (Lipinski definition) is 1. The van der Waals surface area contributed by atoms with Crippen molar-refractivity contribution in [3.05, 3.63) is 54.1 Å². The fourth-order valence-corrected chi connectivity index (χ4v) is 1.85. The molecule has 0 aliphatic rings. The number of phenols is 1. The predicted octanol–water partition coefficient (Wildman–Crippen LogP) is 3.42. The van der Waals surface area contributed by atoms with E-state index in [1.807, 2.05) is 43.3 Å². The van der Waals surface area contributed by atoms with Gasteiger partial charge in [0.2, 0.25) is 5.89 Å². The average Bonchev–Trinajstić information content (AvgIpc) is 2.89. The molecule has 3 aromatic rings. The van der Waals surface area contributed by atoms with Crippen LogP contribution in [0.15, 0.2) is 52.9 Å². The van der Waals surface area contributed by atoms with Crippen molar-refractivity contribution in [2.45, 2.75) is 6.92 Å². The Balaban J connectivity index is 0.00000147. The fourth-order valence-electron chi connectivity index (χ4n) is 1.85. The molecule has 0 saturated heterocycles. The molecule has 96 valence electrons. The molecule has 0 radical (unpaired) electrons. The zero-order valence-corrected chi connectivity index (χ0v) is 14.0. The van der Waals surface area contributed by atoms with Gasteiger partial charge in [-0.2, -0.15) is 0 Å². The van der Waals surface area contributed by atoms with E-state index in [1.165, 1.54) is 0 Å². The molecule has 1 N–H and O–H groups in total. The fraction of sp³-hybridized carbons (Fsp3) is 0.0667. The van der Waals surface area contributed by atoms with Crippen molar-refractivity contribution < 1.29 is 29.0 Å². The Labute approximate surface area is 129 Å². The summed E-state index contributed by atoms with van der Waals surface area (Å²) in [5, 5.41) is 17.9. The van der Waals surface area contributed by atoms with Gasteiger partial charge in [0, 0.05) is 25.0 Å². The van der Waals surface area contributed by atoms with Gasteiger partial charge in [-0.1, -0.05) is 24.3 Å². The smallest absolute Gasteiger partial charge is 0.251 e. The van der Waals surface area contributed by atoms with Gasteiger partial charge in [-0.25, -0.2) is 0 Å². The van der Waals surface area contributed by atoms with E-state index in [-0.39, 0.29) is 25.2 Å². The molecule has 1 aromatic heterocycles. The molecule has 0 unspecified atom stereocenters. The molecule has 0 aliphatic heterocycles. The number of nitrogens with zero attached hydrogens (tertiary/aromatic N) is 2. The van der Waals surface area contributed by atoms with E-state index >= 15 is 0 Å². The summed E-state index contributed by atoms with van der Waals surface area (Å²) in [4.78, 5) is 0. The maximum absolute atomic E-state index is 9.90. The van der Waals surface area contributed by atoms with E-state index in [2.05, 4.69) is 10.2 Å². The normalized spacial score (nSPS) is 10.1. The van der Waals surface area contributed by atoms with Crippen molar-refractivity contribution >= 4 is 0 Å². The van der Waals surface area contributed by atoms with Crippen LogP contribution in [-0.4, -0.2) is 15.3 Å². The Morgan fingerprint density at radius 3 is 2.35 bits per heavy atom. The van der Waals surface area contributed by atoms with E-state index in [0.29, 0.717) is 17.3 Å². The van der Waals surface area contributed by atoms with Crippen LogP contribution >= 0.6 is 0 Å². The van der Waals surface area contributed by atoms with Crippen molar-refractivity contribution in [3.8, 4) is 28.7 Å². The quantitative estimate of drug-likeness (QED) is 0.736. The molecule has 0 amide bonds. The molecule has 3 rings (SSSR count). The molecule has 0 spiro atoms. The number of benzene rings is 2. The first-order chi connectivity index (χ1) is 9.24. The first-order valence-electron chi connectivity index (χ1n) is 5.93. The molecule has 0 bridgehead atoms. The number of hydrogen-bond acceptors (Lipinski definition) is 4. The van der Waals surface area contributed by atoms with Gasteiger partial charge in [-0.15, -0.1) is 10.2 Å². The largest absolute Gasteiger partial charge is 0.507 e. The standard InChI is InChI=1S/C15H12N2O2.Zn/c1-10-7-8-12(13(18)9-10)15-17-16-14(19-15)11-5-3-2-4-6-11;/h2-9,18H,1H3;. The summed E-state index contributed by atoms with van der Waals surface area (Å²) in [5.74, 6) is 0.898. The molecule has 1 heterocycles. The van der Waals surface area contributed by atoms with E-state index in [9.17, 15) is 5.11 Å². The number of aromatic hydroxyl groups is 1. The van der Waals surface area contributed by atoms with Crippen LogP contribution in [0.1, 0.15) is 5.56 Å². The monoisotopic (exact) mass is 316 g/mol. The van der Waals surface area contributed by atoms with Crippen LogP contribution in [0.3, 0.4) is 0 Å². The van der Waals surface area contributed by atoms with Crippen LogP contribution in [0.4, 0.5) is 0 Å². The van der Waals surface area contributed by atoms with E-state index in [0.717, 1.165) is 11.1 Å². The summed E-state index contributed by atoms with van der Waals surface area (Å²) < 4.78 is 5.59. The van der Waals surface area contributed by atoms with Crippen LogP contribution in [-0.2, 0) is 19.5 Å². The molecule has 0 saturated carbocycles. The van der Waals surface area contributed by atoms with Crippen LogP contribution < -0.4 is 0 Å². The Morgan fingerprint density at radius 2 is 1.65 bits per heavy atom. The van der Waals surface area contributed by atoms with Crippen molar-refractivity contribution in [2.75, 3.05) is 0 Å². The minimum absolute atomic E-state index is 0. The van der Waals surface area contributed by atoms with Gasteiger partial charge in [0.25, 0.3) is 5.89 Å². The van der Waals surface area contributed by atoms with Gasteiger partial charge in [-0.05, 0) is 36.8 Å². The molecular weight excluding hydrogens is 306 g/mol. The third kappa shape index (κ3) is 2.78. The Bertz CT molecular complexity index is 711. The molecule has 2 aromatic carbocycles. The predicted molar refractivity (Wildman–Crippen MR) is 71.6 cm³/mol. The Morgan fingerprint density at radius 1 is 0.950 bits per heavy atom. The molecule has 5 heteroatoms. The van der Waals surface area contributed by atoms with Gasteiger partial charge < -0.3 is 9.52 Å². The molecule has 0 fully saturated rings. The summed E-state index contributed by atoms with van der Waals surface area (Å²) in [5.41, 5.74) is 2.37. The summed E-state index contributed by atoms with van der Waals surface area (Å²) in [7, 11) is 0. The molecule has 0 aliphatic carbocycles. The van der Waals surface area contributed by atoms with Crippen LogP contribution in [0.5, 0.6) is 5.75 Å². The molecule has 0 atom stereocenters. The van der Waals surface area contributed by atoms with E-state index in [4.69, 9.17) is 4.42 Å². The minimum Gasteiger partial charge on any atom is -0.507 e. The van der Waals surface area contributed by atoms with Crippen LogP contribution in [0.25, 0.3) is 22.9 Å². The summed E-state index contributed by atoms with van der Waals surface area (Å²) >= 11 is 0. The van der Waals surface area contributed by atoms with Crippen molar-refractivity contribution in [1.29, 1.82) is 0 Å². The molecule has 20 heavy (non-hydrogen) atoms. The third-order valence-electron chi connectivity index (χ3n) is 2.83. The van der Waals surface area contributed by atoms with Gasteiger partial charge in [0.15, 0.2) is 0 Å². The second-order valence-corrected chi connectivity index (χ2v) is 4.30. The van der Waals surface area contributed by atoms with Crippen LogP contribution in [0, 0.1) is 6.92 Å². The third-order valence-corrected chi connectivity index (χ3v) is 2.83. The van der Waals surface area contributed by atoms with Gasteiger partial charge >= 0.3 is 0 Å². The van der Waals surface area contributed by atoms with Gasteiger partial charge in [0.1, 0.15) is 5.75 Å². The summed E-state index contributed by atoms with van der Waals surface area (Å²) in [6.07, 6.45) is 0. The zero-order chi connectivity index (χ0) is 13.2. The zero-order valence-electron chi connectivity index (χ0n) is 11.1. The van der Waals surface area contributed by atoms with Crippen molar-refractivity contribution in [3.63, 3.8) is 0 Å². The second-order valence-electron chi connectivity index (χ2n) is 4.30. The van der Waals surface area contributed by atoms with Gasteiger partial charge in [-0.3, -0.25) is 0 Å². The van der Waals surface area contributed by atoms with Crippen molar-refractivity contribution in [2.24, 2.45) is 0 Å². The first kappa shape index (κ1) is 14.4. The maximum Gasteiger partial charge on any atom is 0.251 e. The maximum atomic E-state index is 9.90. The Hall–Kier alpha value is -2.00. The number of rotatable bonds is 2. The van der Waals surface area contributed by atoms with Crippen molar-refractivity contribution in [1.82, 2.24) is 10.2 Å². The second kappa shape index (κ2) is 5.97. The summed E-state index contributed by atoms with van der Waals surface area (Å²) in [6, 6.07) is 14.9. The van der Waals surface area contributed by atoms with E-state index in [1.54, 1.807) is 12.1 Å². The van der Waals surface area contributed by atoms with E-state index < -0.39 is 0 Å². The number of phenolic OH excluding ortho intramolecular Hbond substituents is 1. The summed E-state index contributed by atoms with van der Waals surface area (Å²) in [6.45, 7) is 1.91. The number of aromatic nitrogens is 2. The molecule has 4 nitrogen and oxygen atoms in total.